The molecule has 0 aliphatic carbocycles. The third-order valence-electron chi connectivity index (χ3n) is 6.58. The van der Waals surface area contributed by atoms with Gasteiger partial charge in [0.1, 0.15) is 23.7 Å². The molecular formula is C29H27NO7. The smallest absolute Gasteiger partial charge is 0.290 e. The molecule has 1 atom stereocenters. The normalized spacial score (nSPS) is 14.7. The highest BCUT2D eigenvalue weighted by molar-refractivity contribution is 5.93. The second kappa shape index (κ2) is 10.3. The van der Waals surface area contributed by atoms with Gasteiger partial charge in [0, 0.05) is 12.6 Å². The summed E-state index contributed by atoms with van der Waals surface area (Å²) < 4.78 is 28.3. The van der Waals surface area contributed by atoms with E-state index in [4.69, 9.17) is 23.4 Å². The average molecular weight is 502 g/mol. The van der Waals surface area contributed by atoms with Crippen LogP contribution in [-0.4, -0.2) is 45.3 Å². The Hall–Kier alpha value is -4.46. The van der Waals surface area contributed by atoms with Gasteiger partial charge in [-0.25, -0.2) is 0 Å². The Labute approximate surface area is 213 Å². The summed E-state index contributed by atoms with van der Waals surface area (Å²) in [6.07, 6.45) is 0.596. The van der Waals surface area contributed by atoms with E-state index in [9.17, 15) is 9.59 Å². The highest BCUT2D eigenvalue weighted by atomic mass is 16.5. The number of para-hydroxylation sites is 1. The van der Waals surface area contributed by atoms with E-state index in [0.717, 1.165) is 16.9 Å². The van der Waals surface area contributed by atoms with E-state index in [-0.39, 0.29) is 23.7 Å². The fourth-order valence-corrected chi connectivity index (χ4v) is 4.65. The molecule has 0 N–H and O–H groups in total. The minimum Gasteiger partial charge on any atom is -0.497 e. The molecule has 8 nitrogen and oxygen atoms in total. The Kier molecular flexibility index (Phi) is 6.72. The SMILES string of the molecule is COc1ccc(OCC2c3cc(OC)c(OC)cc3CCN2C(=O)c2cc(=O)c3ccccc3o2)cc1. The first kappa shape index (κ1) is 24.2. The van der Waals surface area contributed by atoms with Gasteiger partial charge in [-0.15, -0.1) is 0 Å². The number of benzene rings is 3. The van der Waals surface area contributed by atoms with Crippen molar-refractivity contribution in [2.24, 2.45) is 0 Å². The van der Waals surface area contributed by atoms with Crippen LogP contribution in [0, 0.1) is 0 Å². The zero-order valence-corrected chi connectivity index (χ0v) is 20.9. The summed E-state index contributed by atoms with van der Waals surface area (Å²) in [5.74, 6) is 2.14. The molecule has 3 aromatic carbocycles. The summed E-state index contributed by atoms with van der Waals surface area (Å²) in [6.45, 7) is 0.590. The molecule has 5 rings (SSSR count). The van der Waals surface area contributed by atoms with Gasteiger partial charge in [-0.1, -0.05) is 12.1 Å². The first-order chi connectivity index (χ1) is 18.0. The zero-order chi connectivity index (χ0) is 25.9. The molecule has 1 amide bonds. The van der Waals surface area contributed by atoms with E-state index in [2.05, 4.69) is 0 Å². The van der Waals surface area contributed by atoms with Crippen LogP contribution in [0.2, 0.25) is 0 Å². The molecule has 0 spiro atoms. The quantitative estimate of drug-likeness (QED) is 0.365. The number of amides is 1. The van der Waals surface area contributed by atoms with Gasteiger partial charge in [0.15, 0.2) is 22.7 Å². The van der Waals surface area contributed by atoms with Gasteiger partial charge in [0.25, 0.3) is 5.91 Å². The molecule has 0 fully saturated rings. The van der Waals surface area contributed by atoms with Crippen molar-refractivity contribution < 1.29 is 28.2 Å². The van der Waals surface area contributed by atoms with Crippen LogP contribution >= 0.6 is 0 Å². The fraction of sp³-hybridized carbons (Fsp3) is 0.241. The Morgan fingerprint density at radius 3 is 2.35 bits per heavy atom. The monoisotopic (exact) mass is 501 g/mol. The maximum absolute atomic E-state index is 13.8. The number of carbonyl (C=O) groups excluding carboxylic acids is 1. The summed E-state index contributed by atoms with van der Waals surface area (Å²) in [5, 5.41) is 0.430. The largest absolute Gasteiger partial charge is 0.497 e. The van der Waals surface area contributed by atoms with Crippen molar-refractivity contribution in [3.05, 3.63) is 93.8 Å². The van der Waals surface area contributed by atoms with Gasteiger partial charge in [-0.3, -0.25) is 9.59 Å². The number of hydrogen-bond donors (Lipinski definition) is 0. The summed E-state index contributed by atoms with van der Waals surface area (Å²) in [5.41, 5.74) is 2.02. The lowest BCUT2D eigenvalue weighted by Gasteiger charge is -2.37. The molecule has 1 aliphatic heterocycles. The van der Waals surface area contributed by atoms with Gasteiger partial charge < -0.3 is 28.3 Å². The maximum atomic E-state index is 13.8. The predicted molar refractivity (Wildman–Crippen MR) is 138 cm³/mol. The minimum atomic E-state index is -0.463. The fourth-order valence-electron chi connectivity index (χ4n) is 4.65. The van der Waals surface area contributed by atoms with Gasteiger partial charge in [-0.05, 0) is 66.1 Å². The number of hydrogen-bond acceptors (Lipinski definition) is 7. The number of nitrogens with zero attached hydrogens (tertiary/aromatic N) is 1. The van der Waals surface area contributed by atoms with Crippen molar-refractivity contribution >= 4 is 16.9 Å². The summed E-state index contributed by atoms with van der Waals surface area (Å²) in [7, 11) is 4.77. The highest BCUT2D eigenvalue weighted by Gasteiger charge is 2.34. The first-order valence-electron chi connectivity index (χ1n) is 11.9. The first-order valence-corrected chi connectivity index (χ1v) is 11.9. The van der Waals surface area contributed by atoms with Crippen molar-refractivity contribution in [1.82, 2.24) is 4.90 Å². The number of fused-ring (bicyclic) bond motifs is 2. The van der Waals surface area contributed by atoms with E-state index >= 15 is 0 Å². The third-order valence-corrected chi connectivity index (χ3v) is 6.58. The topological polar surface area (TPSA) is 87.4 Å². The van der Waals surface area contributed by atoms with Crippen LogP contribution < -0.4 is 24.4 Å². The molecule has 0 saturated carbocycles. The molecule has 37 heavy (non-hydrogen) atoms. The molecule has 1 aromatic heterocycles. The second-order valence-corrected chi connectivity index (χ2v) is 8.63. The van der Waals surface area contributed by atoms with E-state index in [0.29, 0.717) is 41.2 Å². The average Bonchev–Trinajstić information content (AvgIpc) is 2.94. The van der Waals surface area contributed by atoms with E-state index < -0.39 is 6.04 Å². The molecule has 0 radical (unpaired) electrons. The molecule has 0 saturated heterocycles. The van der Waals surface area contributed by atoms with Crippen molar-refractivity contribution in [2.45, 2.75) is 12.5 Å². The summed E-state index contributed by atoms with van der Waals surface area (Å²) in [4.78, 5) is 28.1. The van der Waals surface area contributed by atoms with Crippen molar-refractivity contribution in [2.75, 3.05) is 34.5 Å². The lowest BCUT2D eigenvalue weighted by atomic mass is 9.91. The summed E-state index contributed by atoms with van der Waals surface area (Å²) in [6, 6.07) is 18.7. The van der Waals surface area contributed by atoms with Crippen LogP contribution in [0.3, 0.4) is 0 Å². The van der Waals surface area contributed by atoms with E-state index in [1.807, 2.05) is 36.4 Å². The molecular weight excluding hydrogens is 474 g/mol. The lowest BCUT2D eigenvalue weighted by Crippen LogP contribution is -2.42. The van der Waals surface area contributed by atoms with Crippen molar-refractivity contribution in [1.29, 1.82) is 0 Å². The minimum absolute atomic E-state index is 0.0120. The van der Waals surface area contributed by atoms with Crippen LogP contribution in [0.25, 0.3) is 11.0 Å². The van der Waals surface area contributed by atoms with Crippen LogP contribution in [-0.2, 0) is 6.42 Å². The number of rotatable bonds is 7. The maximum Gasteiger partial charge on any atom is 0.290 e. The standard InChI is InChI=1S/C29H27NO7/c1-33-19-8-10-20(11-9-19)36-17-23-22-15-27(35-3)26(34-2)14-18(22)12-13-30(23)29(32)28-16-24(31)21-6-4-5-7-25(21)37-28/h4-11,14-16,23H,12-13,17H2,1-3H3. The highest BCUT2D eigenvalue weighted by Crippen LogP contribution is 2.39. The van der Waals surface area contributed by atoms with E-state index in [1.54, 1.807) is 50.5 Å². The van der Waals surface area contributed by atoms with Crippen LogP contribution in [0.15, 0.2) is 75.9 Å². The van der Waals surface area contributed by atoms with E-state index in [1.165, 1.54) is 6.07 Å². The molecule has 2 heterocycles. The molecule has 8 heteroatoms. The van der Waals surface area contributed by atoms with Crippen LogP contribution in [0.4, 0.5) is 0 Å². The second-order valence-electron chi connectivity index (χ2n) is 8.63. The zero-order valence-electron chi connectivity index (χ0n) is 20.9. The molecule has 0 bridgehead atoms. The Bertz CT molecular complexity index is 1490. The Balaban J connectivity index is 1.53. The predicted octanol–water partition coefficient (Wildman–Crippen LogP) is 4.64. The van der Waals surface area contributed by atoms with Crippen molar-refractivity contribution in [3.63, 3.8) is 0 Å². The molecule has 1 aliphatic rings. The Morgan fingerprint density at radius 2 is 1.62 bits per heavy atom. The third kappa shape index (κ3) is 4.70. The van der Waals surface area contributed by atoms with Crippen LogP contribution in [0.5, 0.6) is 23.0 Å². The molecule has 4 aromatic rings. The van der Waals surface area contributed by atoms with Gasteiger partial charge >= 0.3 is 0 Å². The molecule has 190 valence electrons. The number of methoxy groups -OCH3 is 3. The number of ether oxygens (including phenoxy) is 4. The lowest BCUT2D eigenvalue weighted by molar-refractivity contribution is 0.0558. The van der Waals surface area contributed by atoms with Crippen LogP contribution in [0.1, 0.15) is 27.7 Å². The number of carbonyl (C=O) groups is 1. The molecule has 1 unspecified atom stereocenters. The van der Waals surface area contributed by atoms with Gasteiger partial charge in [0.05, 0.1) is 32.8 Å². The van der Waals surface area contributed by atoms with Gasteiger partial charge in [0.2, 0.25) is 0 Å². The van der Waals surface area contributed by atoms with Gasteiger partial charge in [-0.2, -0.15) is 0 Å². The summed E-state index contributed by atoms with van der Waals surface area (Å²) >= 11 is 0. The Morgan fingerprint density at radius 1 is 0.919 bits per heavy atom. The van der Waals surface area contributed by atoms with Crippen molar-refractivity contribution in [3.8, 4) is 23.0 Å².